The molecule has 0 atom stereocenters. The molecule has 2 aromatic carbocycles. The summed E-state index contributed by atoms with van der Waals surface area (Å²) in [7, 11) is 0. The fourth-order valence-corrected chi connectivity index (χ4v) is 3.03. The minimum Gasteiger partial charge on any atom is -0.478 e. The highest BCUT2D eigenvalue weighted by Gasteiger charge is 2.40. The van der Waals surface area contributed by atoms with Crippen molar-refractivity contribution in [2.45, 2.75) is 13.3 Å². The molecule has 2 aromatic rings. The van der Waals surface area contributed by atoms with Gasteiger partial charge in [-0.25, -0.2) is 14.5 Å². The van der Waals surface area contributed by atoms with E-state index in [1.165, 1.54) is 36.4 Å². The summed E-state index contributed by atoms with van der Waals surface area (Å²) in [5, 5.41) is 11.4. The molecule has 8 nitrogen and oxygen atoms in total. The molecule has 30 heavy (non-hydrogen) atoms. The molecule has 0 radical (unpaired) electrons. The number of benzene rings is 2. The normalized spacial score (nSPS) is 13.6. The van der Waals surface area contributed by atoms with Crippen LogP contribution < -0.4 is 10.2 Å². The minimum atomic E-state index is -1.14. The van der Waals surface area contributed by atoms with Gasteiger partial charge in [0.2, 0.25) is 0 Å². The summed E-state index contributed by atoms with van der Waals surface area (Å²) in [6.45, 7) is 2.04. The van der Waals surface area contributed by atoms with Crippen LogP contribution in [-0.4, -0.2) is 35.5 Å². The van der Waals surface area contributed by atoms with Crippen LogP contribution in [0.25, 0.3) is 0 Å². The number of para-hydroxylation sites is 1. The van der Waals surface area contributed by atoms with Gasteiger partial charge in [-0.2, -0.15) is 0 Å². The van der Waals surface area contributed by atoms with Crippen LogP contribution in [0.4, 0.5) is 11.4 Å². The van der Waals surface area contributed by atoms with Crippen molar-refractivity contribution in [3.63, 3.8) is 0 Å². The Bertz CT molecular complexity index is 1080. The molecule has 154 valence electrons. The molecular weight excluding hydrogens is 412 g/mol. The van der Waals surface area contributed by atoms with Crippen molar-refractivity contribution >= 4 is 46.7 Å². The fourth-order valence-electron chi connectivity index (χ4n) is 2.82. The van der Waals surface area contributed by atoms with E-state index < -0.39 is 23.8 Å². The predicted molar refractivity (Wildman–Crippen MR) is 109 cm³/mol. The number of imide groups is 1. The first kappa shape index (κ1) is 21.1. The number of carboxylic acids is 1. The van der Waals surface area contributed by atoms with Gasteiger partial charge in [0, 0.05) is 5.69 Å². The average Bonchev–Trinajstić information content (AvgIpc) is 2.95. The first-order valence-electron chi connectivity index (χ1n) is 9.00. The van der Waals surface area contributed by atoms with Crippen LogP contribution >= 0.6 is 11.6 Å². The standard InChI is InChI=1S/C21H17ClN2O6/c1-2-10-30-21(29)14-8-3-4-9-15(14)24-18(25)16(22)17(19(24)26)23-13-7-5-6-12(11-13)20(27)28/h3-9,11,23H,2,10H2,1H3,(H,27,28). The molecule has 2 N–H and O–H groups in total. The number of rotatable bonds is 7. The van der Waals surface area contributed by atoms with Crippen LogP contribution in [0.2, 0.25) is 0 Å². The number of hydrogen-bond acceptors (Lipinski definition) is 6. The predicted octanol–water partition coefficient (Wildman–Crippen LogP) is 3.39. The van der Waals surface area contributed by atoms with E-state index in [9.17, 15) is 19.2 Å². The first-order chi connectivity index (χ1) is 14.3. The zero-order chi connectivity index (χ0) is 21.8. The lowest BCUT2D eigenvalue weighted by Gasteiger charge is -2.18. The molecule has 0 aliphatic carbocycles. The molecule has 0 saturated heterocycles. The second kappa shape index (κ2) is 8.79. The first-order valence-corrected chi connectivity index (χ1v) is 9.38. The van der Waals surface area contributed by atoms with E-state index in [2.05, 4.69) is 5.32 Å². The van der Waals surface area contributed by atoms with Crippen molar-refractivity contribution < 1.29 is 29.0 Å². The Balaban J connectivity index is 1.92. The highest BCUT2D eigenvalue weighted by molar-refractivity contribution is 6.53. The van der Waals surface area contributed by atoms with Gasteiger partial charge in [-0.05, 0) is 36.8 Å². The molecule has 0 saturated carbocycles. The Labute approximate surface area is 176 Å². The maximum Gasteiger partial charge on any atom is 0.340 e. The highest BCUT2D eigenvalue weighted by Crippen LogP contribution is 2.32. The zero-order valence-electron chi connectivity index (χ0n) is 15.8. The Morgan fingerprint density at radius 1 is 1.10 bits per heavy atom. The Morgan fingerprint density at radius 2 is 1.83 bits per heavy atom. The van der Waals surface area contributed by atoms with Crippen molar-refractivity contribution in [3.8, 4) is 0 Å². The van der Waals surface area contributed by atoms with Crippen LogP contribution in [0, 0.1) is 0 Å². The van der Waals surface area contributed by atoms with Gasteiger partial charge < -0.3 is 15.2 Å². The monoisotopic (exact) mass is 428 g/mol. The van der Waals surface area contributed by atoms with Crippen molar-refractivity contribution in [1.82, 2.24) is 0 Å². The topological polar surface area (TPSA) is 113 Å². The van der Waals surface area contributed by atoms with Crippen molar-refractivity contribution in [2.24, 2.45) is 0 Å². The number of nitrogens with zero attached hydrogens (tertiary/aromatic N) is 1. The van der Waals surface area contributed by atoms with Gasteiger partial charge in [-0.15, -0.1) is 0 Å². The molecule has 3 rings (SSSR count). The van der Waals surface area contributed by atoms with Crippen molar-refractivity contribution in [1.29, 1.82) is 0 Å². The number of carbonyl (C=O) groups is 4. The molecule has 0 unspecified atom stereocenters. The number of aromatic carboxylic acids is 1. The van der Waals surface area contributed by atoms with E-state index in [0.29, 0.717) is 6.42 Å². The van der Waals surface area contributed by atoms with Gasteiger partial charge in [-0.1, -0.05) is 36.7 Å². The number of anilines is 2. The summed E-state index contributed by atoms with van der Waals surface area (Å²) in [5.41, 5.74) is 0.131. The molecule has 1 aliphatic heterocycles. The van der Waals surface area contributed by atoms with Crippen LogP contribution in [0.1, 0.15) is 34.1 Å². The van der Waals surface area contributed by atoms with Crippen molar-refractivity contribution in [2.75, 3.05) is 16.8 Å². The maximum absolute atomic E-state index is 13.0. The van der Waals surface area contributed by atoms with Gasteiger partial charge in [0.25, 0.3) is 11.8 Å². The molecule has 0 bridgehead atoms. The van der Waals surface area contributed by atoms with E-state index >= 15 is 0 Å². The third-order valence-corrected chi connectivity index (χ3v) is 4.56. The molecule has 0 spiro atoms. The smallest absolute Gasteiger partial charge is 0.340 e. The second-order valence-electron chi connectivity index (χ2n) is 6.30. The van der Waals surface area contributed by atoms with Gasteiger partial charge >= 0.3 is 11.9 Å². The lowest BCUT2D eigenvalue weighted by Crippen LogP contribution is -2.33. The number of nitrogens with one attached hydrogen (secondary N) is 1. The lowest BCUT2D eigenvalue weighted by atomic mass is 10.1. The second-order valence-corrected chi connectivity index (χ2v) is 6.68. The quantitative estimate of drug-likeness (QED) is 0.513. The minimum absolute atomic E-state index is 0.00522. The van der Waals surface area contributed by atoms with E-state index in [1.54, 1.807) is 12.1 Å². The van der Waals surface area contributed by atoms with Crippen molar-refractivity contribution in [3.05, 3.63) is 70.4 Å². The van der Waals surface area contributed by atoms with Gasteiger partial charge in [0.15, 0.2) is 0 Å². The molecule has 1 aliphatic rings. The number of amides is 2. The molecular formula is C21H17ClN2O6. The largest absolute Gasteiger partial charge is 0.478 e. The van der Waals surface area contributed by atoms with Gasteiger partial charge in [0.05, 0.1) is 23.4 Å². The van der Waals surface area contributed by atoms with Crippen LogP contribution in [-0.2, 0) is 14.3 Å². The molecule has 9 heteroatoms. The average molecular weight is 429 g/mol. The summed E-state index contributed by atoms with van der Waals surface area (Å²) in [4.78, 5) is 50.0. The van der Waals surface area contributed by atoms with E-state index in [1.807, 2.05) is 6.92 Å². The molecule has 2 amide bonds. The number of carbonyl (C=O) groups excluding carboxylic acids is 3. The lowest BCUT2D eigenvalue weighted by molar-refractivity contribution is -0.120. The number of carboxylic acid groups (broad SMARTS) is 1. The summed E-state index contributed by atoms with van der Waals surface area (Å²) in [6, 6.07) is 11.7. The Kier molecular flexibility index (Phi) is 6.17. The SMILES string of the molecule is CCCOC(=O)c1ccccc1N1C(=O)C(Cl)=C(Nc2cccc(C(=O)O)c2)C1=O. The summed E-state index contributed by atoms with van der Waals surface area (Å²) >= 11 is 6.11. The molecule has 0 aromatic heterocycles. The van der Waals surface area contributed by atoms with Gasteiger partial charge in [0.1, 0.15) is 10.7 Å². The number of esters is 1. The Morgan fingerprint density at radius 3 is 2.53 bits per heavy atom. The maximum atomic E-state index is 13.0. The number of ether oxygens (including phenoxy) is 1. The fraction of sp³-hybridized carbons (Fsp3) is 0.143. The van der Waals surface area contributed by atoms with E-state index in [0.717, 1.165) is 4.90 Å². The third kappa shape index (κ3) is 4.04. The van der Waals surface area contributed by atoms with Gasteiger partial charge in [-0.3, -0.25) is 9.59 Å². The number of halogens is 1. The van der Waals surface area contributed by atoms with Crippen LogP contribution in [0.15, 0.2) is 59.3 Å². The van der Waals surface area contributed by atoms with Crippen LogP contribution in [0.3, 0.4) is 0 Å². The highest BCUT2D eigenvalue weighted by atomic mass is 35.5. The summed E-state index contributed by atoms with van der Waals surface area (Å²) < 4.78 is 5.13. The van der Waals surface area contributed by atoms with E-state index in [-0.39, 0.29) is 39.8 Å². The molecule has 0 fully saturated rings. The van der Waals surface area contributed by atoms with E-state index in [4.69, 9.17) is 21.4 Å². The zero-order valence-corrected chi connectivity index (χ0v) is 16.6. The summed E-state index contributed by atoms with van der Waals surface area (Å²) in [6.07, 6.45) is 0.617. The number of hydrogen-bond donors (Lipinski definition) is 2. The summed E-state index contributed by atoms with van der Waals surface area (Å²) in [5.74, 6) is -3.40. The van der Waals surface area contributed by atoms with Crippen LogP contribution in [0.5, 0.6) is 0 Å². The third-order valence-electron chi connectivity index (χ3n) is 4.21. The Hall–Kier alpha value is -3.65. The molecule has 1 heterocycles.